The van der Waals surface area contributed by atoms with Crippen molar-refractivity contribution in [2.45, 2.75) is 13.3 Å². The van der Waals surface area contributed by atoms with E-state index in [1.165, 1.54) is 11.3 Å². The van der Waals surface area contributed by atoms with Gasteiger partial charge in [0.25, 0.3) is 0 Å². The highest BCUT2D eigenvalue weighted by Crippen LogP contribution is 2.26. The van der Waals surface area contributed by atoms with Gasteiger partial charge < -0.3 is 10.3 Å². The van der Waals surface area contributed by atoms with E-state index in [1.807, 2.05) is 24.8 Å². The van der Waals surface area contributed by atoms with Crippen LogP contribution < -0.4 is 5.32 Å². The van der Waals surface area contributed by atoms with E-state index in [9.17, 15) is 0 Å². The molecule has 0 bridgehead atoms. The van der Waals surface area contributed by atoms with E-state index in [-0.39, 0.29) is 0 Å². The number of nitrogens with one attached hydrogen (secondary N) is 2. The average molecular weight is 269 g/mol. The molecule has 0 aliphatic rings. The molecule has 0 aliphatic carbocycles. The van der Waals surface area contributed by atoms with Crippen molar-refractivity contribution in [2.24, 2.45) is 7.05 Å². The summed E-state index contributed by atoms with van der Waals surface area (Å²) in [4.78, 5) is 7.40. The first-order valence-corrected chi connectivity index (χ1v) is 6.81. The lowest BCUT2D eigenvalue weighted by Gasteiger charge is -2.02. The van der Waals surface area contributed by atoms with Crippen molar-refractivity contribution in [3.8, 4) is 11.3 Å². The van der Waals surface area contributed by atoms with Crippen molar-refractivity contribution >= 4 is 11.0 Å². The molecule has 20 heavy (non-hydrogen) atoms. The van der Waals surface area contributed by atoms with E-state index in [0.717, 1.165) is 35.3 Å². The molecule has 0 saturated heterocycles. The number of likely N-dealkylation sites (N-methyl/N-ethyl adjacent to an activating group) is 1. The first-order valence-electron chi connectivity index (χ1n) is 6.81. The Hall–Kier alpha value is -2.14. The fourth-order valence-electron chi connectivity index (χ4n) is 2.61. The normalized spacial score (nSPS) is 11.3. The minimum atomic E-state index is 0.958. The van der Waals surface area contributed by atoms with Gasteiger partial charge in [-0.2, -0.15) is 5.10 Å². The lowest BCUT2D eigenvalue weighted by atomic mass is 10.1. The number of hydrogen-bond donors (Lipinski definition) is 2. The minimum absolute atomic E-state index is 0.958. The third-order valence-electron chi connectivity index (χ3n) is 3.73. The van der Waals surface area contributed by atoms with Gasteiger partial charge in [-0.15, -0.1) is 0 Å². The second-order valence-corrected chi connectivity index (χ2v) is 5.03. The Kier molecular flexibility index (Phi) is 3.28. The number of hydrogen-bond acceptors (Lipinski definition) is 3. The third kappa shape index (κ3) is 2.10. The maximum absolute atomic E-state index is 4.68. The van der Waals surface area contributed by atoms with Crippen LogP contribution in [-0.4, -0.2) is 33.3 Å². The molecule has 0 radical (unpaired) electrons. The van der Waals surface area contributed by atoms with Gasteiger partial charge in [0, 0.05) is 31.3 Å². The Balaban J connectivity index is 2.04. The topological polar surface area (TPSA) is 58.5 Å². The van der Waals surface area contributed by atoms with Crippen LogP contribution in [0.2, 0.25) is 0 Å². The Morgan fingerprint density at radius 1 is 1.35 bits per heavy atom. The van der Waals surface area contributed by atoms with Gasteiger partial charge in [0.2, 0.25) is 0 Å². The predicted molar refractivity (Wildman–Crippen MR) is 80.7 cm³/mol. The average Bonchev–Trinajstić information content (AvgIpc) is 3.01. The third-order valence-corrected chi connectivity index (χ3v) is 3.73. The Morgan fingerprint density at radius 2 is 2.20 bits per heavy atom. The van der Waals surface area contributed by atoms with Crippen molar-refractivity contribution in [1.29, 1.82) is 0 Å². The SMILES string of the molecule is CNCCc1c(C)c(-c2ccc3nc[nH]c3c2)nn1C. The standard InChI is InChI=1S/C15H19N5/c1-10-14(6-7-16-2)20(3)19-15(10)11-4-5-12-13(8-11)18-9-17-12/h4-5,8-9,16H,6-7H2,1-3H3,(H,17,18). The summed E-state index contributed by atoms with van der Waals surface area (Å²) in [6.45, 7) is 3.10. The van der Waals surface area contributed by atoms with E-state index >= 15 is 0 Å². The van der Waals surface area contributed by atoms with Crippen LogP contribution >= 0.6 is 0 Å². The maximum atomic E-state index is 4.68. The quantitative estimate of drug-likeness (QED) is 0.762. The summed E-state index contributed by atoms with van der Waals surface area (Å²) in [5.74, 6) is 0. The fraction of sp³-hybridized carbons (Fsp3) is 0.333. The van der Waals surface area contributed by atoms with Crippen LogP contribution in [0.4, 0.5) is 0 Å². The number of aryl methyl sites for hydroxylation is 1. The largest absolute Gasteiger partial charge is 0.345 e. The second-order valence-electron chi connectivity index (χ2n) is 5.03. The summed E-state index contributed by atoms with van der Waals surface area (Å²) < 4.78 is 1.99. The molecule has 2 heterocycles. The molecular formula is C15H19N5. The van der Waals surface area contributed by atoms with Gasteiger partial charge in [-0.05, 0) is 31.7 Å². The zero-order valence-electron chi connectivity index (χ0n) is 12.1. The zero-order chi connectivity index (χ0) is 14.1. The van der Waals surface area contributed by atoms with Crippen LogP contribution in [0.3, 0.4) is 0 Å². The van der Waals surface area contributed by atoms with Crippen molar-refractivity contribution in [2.75, 3.05) is 13.6 Å². The molecule has 0 unspecified atom stereocenters. The monoisotopic (exact) mass is 269 g/mol. The van der Waals surface area contributed by atoms with Crippen molar-refractivity contribution < 1.29 is 0 Å². The van der Waals surface area contributed by atoms with Crippen LogP contribution in [0.25, 0.3) is 22.3 Å². The summed E-state index contributed by atoms with van der Waals surface area (Å²) in [5.41, 5.74) is 6.74. The number of aromatic amines is 1. The van der Waals surface area contributed by atoms with Gasteiger partial charge in [-0.3, -0.25) is 4.68 Å². The predicted octanol–water partition coefficient (Wildman–Crippen LogP) is 2.03. The van der Waals surface area contributed by atoms with Crippen molar-refractivity contribution in [3.63, 3.8) is 0 Å². The van der Waals surface area contributed by atoms with Crippen LogP contribution in [0.15, 0.2) is 24.5 Å². The van der Waals surface area contributed by atoms with Crippen LogP contribution in [0.5, 0.6) is 0 Å². The number of nitrogens with zero attached hydrogens (tertiary/aromatic N) is 3. The molecule has 104 valence electrons. The summed E-state index contributed by atoms with van der Waals surface area (Å²) in [5, 5.41) is 7.87. The molecule has 0 fully saturated rings. The van der Waals surface area contributed by atoms with Crippen molar-refractivity contribution in [3.05, 3.63) is 35.8 Å². The molecule has 0 spiro atoms. The molecular weight excluding hydrogens is 250 g/mol. The van der Waals surface area contributed by atoms with Gasteiger partial charge >= 0.3 is 0 Å². The van der Waals surface area contributed by atoms with Gasteiger partial charge in [-0.1, -0.05) is 6.07 Å². The fourth-order valence-corrected chi connectivity index (χ4v) is 2.61. The molecule has 0 aliphatic heterocycles. The highest BCUT2D eigenvalue weighted by molar-refractivity contribution is 5.81. The van der Waals surface area contributed by atoms with E-state index in [2.05, 4.69) is 39.4 Å². The summed E-state index contributed by atoms with van der Waals surface area (Å²) in [6.07, 6.45) is 2.70. The van der Waals surface area contributed by atoms with Crippen LogP contribution in [0.1, 0.15) is 11.3 Å². The second kappa shape index (κ2) is 5.09. The zero-order valence-corrected chi connectivity index (χ0v) is 12.1. The number of H-pyrrole nitrogens is 1. The van der Waals surface area contributed by atoms with Crippen molar-refractivity contribution in [1.82, 2.24) is 25.1 Å². The van der Waals surface area contributed by atoms with Gasteiger partial charge in [0.15, 0.2) is 0 Å². The summed E-state index contributed by atoms with van der Waals surface area (Å²) >= 11 is 0. The smallest absolute Gasteiger partial charge is 0.0955 e. The van der Waals surface area contributed by atoms with E-state index in [0.29, 0.717) is 0 Å². The molecule has 1 aromatic carbocycles. The maximum Gasteiger partial charge on any atom is 0.0955 e. The molecule has 0 atom stereocenters. The minimum Gasteiger partial charge on any atom is -0.345 e. The molecule has 5 nitrogen and oxygen atoms in total. The molecule has 2 N–H and O–H groups in total. The number of aromatic nitrogens is 4. The Bertz CT molecular complexity index is 738. The van der Waals surface area contributed by atoms with Crippen LogP contribution in [-0.2, 0) is 13.5 Å². The molecule has 3 rings (SSSR count). The van der Waals surface area contributed by atoms with E-state index in [4.69, 9.17) is 0 Å². The van der Waals surface area contributed by atoms with Gasteiger partial charge in [-0.25, -0.2) is 4.98 Å². The number of rotatable bonds is 4. The molecule has 3 aromatic rings. The number of imidazole rings is 1. The molecule has 2 aromatic heterocycles. The van der Waals surface area contributed by atoms with E-state index in [1.54, 1.807) is 6.33 Å². The summed E-state index contributed by atoms with van der Waals surface area (Å²) in [7, 11) is 3.98. The van der Waals surface area contributed by atoms with Gasteiger partial charge in [0.05, 0.1) is 23.1 Å². The van der Waals surface area contributed by atoms with Gasteiger partial charge in [0.1, 0.15) is 0 Å². The van der Waals surface area contributed by atoms with Crippen LogP contribution in [0, 0.1) is 6.92 Å². The summed E-state index contributed by atoms with van der Waals surface area (Å²) in [6, 6.07) is 6.22. The lowest BCUT2D eigenvalue weighted by Crippen LogP contribution is -2.13. The first kappa shape index (κ1) is 12.9. The Morgan fingerprint density at radius 3 is 3.00 bits per heavy atom. The first-order chi connectivity index (χ1) is 9.70. The molecule has 0 saturated carbocycles. The highest BCUT2D eigenvalue weighted by Gasteiger charge is 2.14. The number of fused-ring (bicyclic) bond motifs is 1. The number of benzene rings is 1. The van der Waals surface area contributed by atoms with E-state index < -0.39 is 0 Å². The highest BCUT2D eigenvalue weighted by atomic mass is 15.3. The Labute approximate surface area is 118 Å². The molecule has 5 heteroatoms. The lowest BCUT2D eigenvalue weighted by molar-refractivity contribution is 0.680. The molecule has 0 amide bonds.